The van der Waals surface area contributed by atoms with Crippen molar-refractivity contribution < 1.29 is 4.74 Å². The predicted molar refractivity (Wildman–Crippen MR) is 77.2 cm³/mol. The minimum absolute atomic E-state index is 0.567. The Morgan fingerprint density at radius 1 is 1.32 bits per heavy atom. The third-order valence-electron chi connectivity index (χ3n) is 2.84. The van der Waals surface area contributed by atoms with E-state index >= 15 is 0 Å². The van der Waals surface area contributed by atoms with Gasteiger partial charge < -0.3 is 10.1 Å². The van der Waals surface area contributed by atoms with Gasteiger partial charge in [-0.2, -0.15) is 0 Å². The zero-order valence-corrected chi connectivity index (χ0v) is 12.2. The molecule has 4 nitrogen and oxygen atoms in total. The largest absolute Gasteiger partial charge is 0.375 e. The lowest BCUT2D eigenvalue weighted by molar-refractivity contribution is 0.121. The second kappa shape index (κ2) is 7.33. The molecule has 0 bridgehead atoms. The summed E-state index contributed by atoms with van der Waals surface area (Å²) in [5.74, 6) is 0. The number of nitrogens with one attached hydrogen (secondary N) is 1. The number of ether oxygens (including phenoxy) is 1. The Labute approximate surface area is 117 Å². The highest BCUT2D eigenvalue weighted by atomic mass is 32.1. The quantitative estimate of drug-likeness (QED) is 0.789. The van der Waals surface area contributed by atoms with Crippen LogP contribution in [0.1, 0.15) is 21.8 Å². The van der Waals surface area contributed by atoms with Crippen LogP contribution in [0.15, 0.2) is 23.8 Å². The van der Waals surface area contributed by atoms with Crippen molar-refractivity contribution in [2.24, 2.45) is 0 Å². The van der Waals surface area contributed by atoms with Gasteiger partial charge in [-0.25, -0.2) is 4.98 Å². The van der Waals surface area contributed by atoms with Gasteiger partial charge in [-0.1, -0.05) is 6.07 Å². The molecule has 0 fully saturated rings. The maximum absolute atomic E-state index is 5.65. The van der Waals surface area contributed by atoms with Crippen molar-refractivity contribution in [3.05, 3.63) is 45.7 Å². The molecule has 0 aliphatic rings. The summed E-state index contributed by atoms with van der Waals surface area (Å²) < 4.78 is 5.65. The van der Waals surface area contributed by atoms with E-state index in [9.17, 15) is 0 Å². The highest BCUT2D eigenvalue weighted by Gasteiger charge is 2.01. The third-order valence-corrected chi connectivity index (χ3v) is 3.83. The Balaban J connectivity index is 1.72. The molecule has 0 spiro atoms. The summed E-state index contributed by atoms with van der Waals surface area (Å²) in [5, 5.41) is 3.10. The number of rotatable bonds is 7. The molecule has 2 heterocycles. The van der Waals surface area contributed by atoms with E-state index in [0.717, 1.165) is 24.4 Å². The Morgan fingerprint density at radius 2 is 2.21 bits per heavy atom. The zero-order valence-electron chi connectivity index (χ0n) is 11.3. The molecule has 102 valence electrons. The molecule has 0 saturated carbocycles. The van der Waals surface area contributed by atoms with Crippen LogP contribution in [0.25, 0.3) is 0 Å². The molecule has 19 heavy (non-hydrogen) atoms. The van der Waals surface area contributed by atoms with Crippen LogP contribution in [0.5, 0.6) is 0 Å². The molecule has 0 unspecified atom stereocenters. The van der Waals surface area contributed by atoms with Gasteiger partial charge in [0.05, 0.1) is 30.1 Å². The molecule has 2 rings (SSSR count). The van der Waals surface area contributed by atoms with Crippen molar-refractivity contribution in [3.8, 4) is 0 Å². The smallest absolute Gasteiger partial charge is 0.0887 e. The van der Waals surface area contributed by atoms with Gasteiger partial charge in [0.2, 0.25) is 0 Å². The summed E-state index contributed by atoms with van der Waals surface area (Å²) >= 11 is 1.69. The van der Waals surface area contributed by atoms with Crippen molar-refractivity contribution in [1.29, 1.82) is 0 Å². The first kappa shape index (κ1) is 14.1. The lowest BCUT2D eigenvalue weighted by Gasteiger charge is -2.05. The Morgan fingerprint density at radius 3 is 2.84 bits per heavy atom. The fourth-order valence-electron chi connectivity index (χ4n) is 1.76. The van der Waals surface area contributed by atoms with Crippen LogP contribution >= 0.6 is 11.3 Å². The van der Waals surface area contributed by atoms with Crippen molar-refractivity contribution in [2.75, 3.05) is 13.7 Å². The van der Waals surface area contributed by atoms with Crippen molar-refractivity contribution in [1.82, 2.24) is 15.3 Å². The summed E-state index contributed by atoms with van der Waals surface area (Å²) in [6, 6.07) is 4.10. The minimum atomic E-state index is 0.567. The highest BCUT2D eigenvalue weighted by molar-refractivity contribution is 7.09. The predicted octanol–water partition coefficient (Wildman–Crippen LogP) is 2.33. The first-order valence-electron chi connectivity index (χ1n) is 6.34. The zero-order chi connectivity index (χ0) is 13.5. The summed E-state index contributed by atoms with van der Waals surface area (Å²) in [5.41, 5.74) is 5.16. The highest BCUT2D eigenvalue weighted by Crippen LogP contribution is 2.12. The number of thiazole rings is 1. The summed E-state index contributed by atoms with van der Waals surface area (Å²) in [4.78, 5) is 9.90. The van der Waals surface area contributed by atoms with E-state index < -0.39 is 0 Å². The van der Waals surface area contributed by atoms with Gasteiger partial charge in [0.25, 0.3) is 0 Å². The SMILES string of the molecule is CNCc1ccc(COCCc2scnc2C)nc1. The summed E-state index contributed by atoms with van der Waals surface area (Å²) in [6.07, 6.45) is 2.82. The van der Waals surface area contributed by atoms with E-state index in [2.05, 4.69) is 21.4 Å². The summed E-state index contributed by atoms with van der Waals surface area (Å²) in [7, 11) is 1.93. The molecule has 2 aromatic rings. The van der Waals surface area contributed by atoms with E-state index in [4.69, 9.17) is 4.74 Å². The molecular formula is C14H19N3OS. The number of aromatic nitrogens is 2. The van der Waals surface area contributed by atoms with Gasteiger partial charge in [0.1, 0.15) is 0 Å². The lowest BCUT2D eigenvalue weighted by Crippen LogP contribution is -2.06. The molecule has 2 aromatic heterocycles. The molecule has 0 radical (unpaired) electrons. The van der Waals surface area contributed by atoms with Crippen LogP contribution in [-0.4, -0.2) is 23.6 Å². The Bertz CT molecular complexity index is 496. The van der Waals surface area contributed by atoms with Crippen molar-refractivity contribution in [3.63, 3.8) is 0 Å². The Hall–Kier alpha value is -1.30. The normalized spacial score (nSPS) is 10.8. The molecule has 0 atom stereocenters. The van der Waals surface area contributed by atoms with Crippen LogP contribution in [0.3, 0.4) is 0 Å². The number of hydrogen-bond donors (Lipinski definition) is 1. The third kappa shape index (κ3) is 4.38. The Kier molecular flexibility index (Phi) is 5.44. The monoisotopic (exact) mass is 277 g/mol. The van der Waals surface area contributed by atoms with E-state index in [-0.39, 0.29) is 0 Å². The van der Waals surface area contributed by atoms with E-state index in [0.29, 0.717) is 13.2 Å². The van der Waals surface area contributed by atoms with Crippen LogP contribution in [0.2, 0.25) is 0 Å². The molecule has 0 aliphatic heterocycles. The number of nitrogens with zero attached hydrogens (tertiary/aromatic N) is 2. The topological polar surface area (TPSA) is 47.0 Å². The molecule has 1 N–H and O–H groups in total. The second-order valence-corrected chi connectivity index (χ2v) is 5.29. The van der Waals surface area contributed by atoms with Crippen molar-refractivity contribution >= 4 is 11.3 Å². The maximum Gasteiger partial charge on any atom is 0.0887 e. The van der Waals surface area contributed by atoms with Crippen LogP contribution in [0.4, 0.5) is 0 Å². The average molecular weight is 277 g/mol. The second-order valence-electron chi connectivity index (χ2n) is 4.35. The van der Waals surface area contributed by atoms with E-state index in [1.165, 1.54) is 10.4 Å². The molecule has 5 heteroatoms. The number of pyridine rings is 1. The van der Waals surface area contributed by atoms with Gasteiger partial charge in [-0.05, 0) is 25.6 Å². The molecular weight excluding hydrogens is 258 g/mol. The molecule has 0 saturated heterocycles. The fourth-order valence-corrected chi connectivity index (χ4v) is 2.52. The molecule has 0 aliphatic carbocycles. The average Bonchev–Trinajstić information content (AvgIpc) is 2.83. The van der Waals surface area contributed by atoms with Gasteiger partial charge >= 0.3 is 0 Å². The van der Waals surface area contributed by atoms with Crippen molar-refractivity contribution in [2.45, 2.75) is 26.5 Å². The lowest BCUT2D eigenvalue weighted by atomic mass is 10.2. The molecule has 0 aromatic carbocycles. The van der Waals surface area contributed by atoms with Gasteiger partial charge in [-0.15, -0.1) is 11.3 Å². The van der Waals surface area contributed by atoms with Gasteiger partial charge in [-0.3, -0.25) is 4.98 Å². The van der Waals surface area contributed by atoms with Crippen LogP contribution in [0, 0.1) is 6.92 Å². The van der Waals surface area contributed by atoms with E-state index in [1.54, 1.807) is 11.3 Å². The van der Waals surface area contributed by atoms with Gasteiger partial charge in [0.15, 0.2) is 0 Å². The first-order chi connectivity index (χ1) is 9.29. The van der Waals surface area contributed by atoms with Crippen LogP contribution in [-0.2, 0) is 24.3 Å². The summed E-state index contributed by atoms with van der Waals surface area (Å²) in [6.45, 7) is 4.16. The molecule has 0 amide bonds. The van der Waals surface area contributed by atoms with Gasteiger partial charge in [0, 0.05) is 24.0 Å². The first-order valence-corrected chi connectivity index (χ1v) is 7.22. The number of aryl methyl sites for hydroxylation is 1. The van der Waals surface area contributed by atoms with E-state index in [1.807, 2.05) is 31.7 Å². The number of hydrogen-bond acceptors (Lipinski definition) is 5. The van der Waals surface area contributed by atoms with Crippen LogP contribution < -0.4 is 5.32 Å². The maximum atomic E-state index is 5.65. The standard InChI is InChI=1S/C14H19N3OS/c1-11-14(19-10-17-11)5-6-18-9-13-4-3-12(7-15-2)8-16-13/h3-4,8,10,15H,5-7,9H2,1-2H3. The minimum Gasteiger partial charge on any atom is -0.375 e. The fraction of sp³-hybridized carbons (Fsp3) is 0.429.